The number of hydrogen-bond donors (Lipinski definition) is 3. The number of aliphatic imine (C=N–C) groups is 1. The standard InChI is InChI=1S/C20H28N6.HI/c1-14-17(15(2)26(4)25-14)10-12-23-20(21-3)22-11-9-16-13-24-19-8-6-5-7-18(16)19;/h5-8,13,24H,9-12H2,1-4H3,(H2,21,22,23);1H. The number of benzene rings is 1. The van der Waals surface area contributed by atoms with Gasteiger partial charge in [0.1, 0.15) is 0 Å². The predicted molar refractivity (Wildman–Crippen MR) is 123 cm³/mol. The lowest BCUT2D eigenvalue weighted by molar-refractivity contribution is 0.728. The number of aromatic amines is 1. The molecule has 6 nitrogen and oxygen atoms in total. The Hall–Kier alpha value is -2.03. The molecule has 3 N–H and O–H groups in total. The van der Waals surface area contributed by atoms with Gasteiger partial charge in [0, 0.05) is 50.0 Å². The molecule has 0 saturated carbocycles. The second kappa shape index (κ2) is 9.77. The fraction of sp³-hybridized carbons (Fsp3) is 0.400. The summed E-state index contributed by atoms with van der Waals surface area (Å²) in [4.78, 5) is 7.64. The van der Waals surface area contributed by atoms with E-state index in [4.69, 9.17) is 0 Å². The van der Waals surface area contributed by atoms with Crippen LogP contribution in [0.4, 0.5) is 0 Å². The minimum atomic E-state index is 0. The largest absolute Gasteiger partial charge is 0.361 e. The smallest absolute Gasteiger partial charge is 0.190 e. The summed E-state index contributed by atoms with van der Waals surface area (Å²) in [6, 6.07) is 8.40. The normalized spacial score (nSPS) is 11.5. The molecule has 3 aromatic rings. The van der Waals surface area contributed by atoms with Gasteiger partial charge in [-0.25, -0.2) is 0 Å². The number of guanidine groups is 1. The molecule has 0 aliphatic carbocycles. The van der Waals surface area contributed by atoms with Gasteiger partial charge in [-0.1, -0.05) is 18.2 Å². The van der Waals surface area contributed by atoms with Gasteiger partial charge in [-0.3, -0.25) is 9.67 Å². The van der Waals surface area contributed by atoms with Crippen LogP contribution in [0, 0.1) is 13.8 Å². The number of rotatable bonds is 6. The van der Waals surface area contributed by atoms with Gasteiger partial charge in [0.15, 0.2) is 5.96 Å². The summed E-state index contributed by atoms with van der Waals surface area (Å²) in [5, 5.41) is 12.6. The highest BCUT2D eigenvalue weighted by molar-refractivity contribution is 14.0. The van der Waals surface area contributed by atoms with Crippen LogP contribution in [0.15, 0.2) is 35.5 Å². The fourth-order valence-electron chi connectivity index (χ4n) is 3.36. The van der Waals surface area contributed by atoms with Gasteiger partial charge in [-0.15, -0.1) is 24.0 Å². The van der Waals surface area contributed by atoms with Crippen molar-refractivity contribution in [3.05, 3.63) is 53.0 Å². The number of fused-ring (bicyclic) bond motifs is 1. The van der Waals surface area contributed by atoms with Crippen LogP contribution in [0.2, 0.25) is 0 Å². The van der Waals surface area contributed by atoms with Crippen molar-refractivity contribution in [2.45, 2.75) is 26.7 Å². The van der Waals surface area contributed by atoms with Gasteiger partial charge in [0.25, 0.3) is 0 Å². The number of aromatic nitrogens is 3. The first-order chi connectivity index (χ1) is 12.6. The van der Waals surface area contributed by atoms with Gasteiger partial charge in [-0.2, -0.15) is 5.10 Å². The Bertz CT molecular complexity index is 908. The number of halogens is 1. The first kappa shape index (κ1) is 21.3. The molecule has 146 valence electrons. The van der Waals surface area contributed by atoms with Crippen LogP contribution in [-0.2, 0) is 19.9 Å². The van der Waals surface area contributed by atoms with E-state index in [1.54, 1.807) is 0 Å². The molecule has 0 atom stereocenters. The van der Waals surface area contributed by atoms with Crippen LogP contribution in [0.3, 0.4) is 0 Å². The molecule has 0 bridgehead atoms. The Morgan fingerprint density at radius 1 is 1.15 bits per heavy atom. The van der Waals surface area contributed by atoms with Gasteiger partial charge >= 0.3 is 0 Å². The second-order valence-electron chi connectivity index (χ2n) is 6.56. The van der Waals surface area contributed by atoms with Crippen molar-refractivity contribution in [3.63, 3.8) is 0 Å². The van der Waals surface area contributed by atoms with E-state index in [2.05, 4.69) is 70.0 Å². The minimum absolute atomic E-state index is 0. The molecular formula is C20H29IN6. The van der Waals surface area contributed by atoms with Crippen molar-refractivity contribution in [1.29, 1.82) is 0 Å². The monoisotopic (exact) mass is 480 g/mol. The van der Waals surface area contributed by atoms with Crippen LogP contribution in [-0.4, -0.2) is 40.9 Å². The van der Waals surface area contributed by atoms with Crippen molar-refractivity contribution >= 4 is 40.8 Å². The highest BCUT2D eigenvalue weighted by atomic mass is 127. The Kier molecular flexibility index (Phi) is 7.70. The lowest BCUT2D eigenvalue weighted by Gasteiger charge is -2.12. The van der Waals surface area contributed by atoms with Gasteiger partial charge in [0.05, 0.1) is 5.69 Å². The zero-order valence-electron chi connectivity index (χ0n) is 16.5. The maximum Gasteiger partial charge on any atom is 0.190 e. The number of nitrogens with one attached hydrogen (secondary N) is 3. The quantitative estimate of drug-likeness (QED) is 0.289. The summed E-state index contributed by atoms with van der Waals surface area (Å²) in [7, 11) is 3.80. The molecule has 0 aliphatic heterocycles. The third-order valence-electron chi connectivity index (χ3n) is 4.91. The summed E-state index contributed by atoms with van der Waals surface area (Å²) in [5.41, 5.74) is 6.16. The van der Waals surface area contributed by atoms with Gasteiger partial charge in [-0.05, 0) is 43.9 Å². The average molecular weight is 480 g/mol. The van der Waals surface area contributed by atoms with E-state index >= 15 is 0 Å². The molecule has 2 heterocycles. The SMILES string of the molecule is CN=C(NCCc1c(C)nn(C)c1C)NCCc1c[nH]c2ccccc12.I. The maximum absolute atomic E-state index is 4.47. The molecule has 0 unspecified atom stereocenters. The molecule has 2 aromatic heterocycles. The third kappa shape index (κ3) is 5.03. The number of nitrogens with zero attached hydrogens (tertiary/aromatic N) is 3. The molecule has 0 aliphatic rings. The highest BCUT2D eigenvalue weighted by Gasteiger charge is 2.09. The summed E-state index contributed by atoms with van der Waals surface area (Å²) in [6.07, 6.45) is 3.98. The van der Waals surface area contributed by atoms with E-state index in [0.717, 1.165) is 37.6 Å². The second-order valence-corrected chi connectivity index (χ2v) is 6.56. The van der Waals surface area contributed by atoms with Crippen molar-refractivity contribution in [1.82, 2.24) is 25.4 Å². The average Bonchev–Trinajstić information content (AvgIpc) is 3.16. The number of para-hydroxylation sites is 1. The summed E-state index contributed by atoms with van der Waals surface area (Å²) < 4.78 is 1.94. The number of aryl methyl sites for hydroxylation is 2. The van der Waals surface area contributed by atoms with Crippen molar-refractivity contribution in [2.24, 2.45) is 12.0 Å². The fourth-order valence-corrected chi connectivity index (χ4v) is 3.36. The van der Waals surface area contributed by atoms with Crippen LogP contribution in [0.25, 0.3) is 10.9 Å². The summed E-state index contributed by atoms with van der Waals surface area (Å²) >= 11 is 0. The van der Waals surface area contributed by atoms with Crippen molar-refractivity contribution in [2.75, 3.05) is 20.1 Å². The van der Waals surface area contributed by atoms with E-state index in [1.807, 2.05) is 18.8 Å². The molecule has 0 amide bonds. The van der Waals surface area contributed by atoms with Gasteiger partial charge < -0.3 is 15.6 Å². The number of H-pyrrole nitrogens is 1. The lowest BCUT2D eigenvalue weighted by atomic mass is 10.1. The Balaban J connectivity index is 0.00000261. The highest BCUT2D eigenvalue weighted by Crippen LogP contribution is 2.17. The van der Waals surface area contributed by atoms with Crippen LogP contribution in [0.1, 0.15) is 22.5 Å². The first-order valence-corrected chi connectivity index (χ1v) is 9.08. The molecule has 27 heavy (non-hydrogen) atoms. The van der Waals surface area contributed by atoms with Crippen LogP contribution < -0.4 is 10.6 Å². The van der Waals surface area contributed by atoms with Crippen LogP contribution >= 0.6 is 24.0 Å². The Morgan fingerprint density at radius 3 is 2.52 bits per heavy atom. The molecule has 0 saturated heterocycles. The molecule has 3 rings (SSSR count). The van der Waals surface area contributed by atoms with E-state index in [9.17, 15) is 0 Å². The van der Waals surface area contributed by atoms with Crippen LogP contribution in [0.5, 0.6) is 0 Å². The van der Waals surface area contributed by atoms with E-state index in [0.29, 0.717) is 0 Å². The molecule has 0 radical (unpaired) electrons. The topological polar surface area (TPSA) is 70.0 Å². The lowest BCUT2D eigenvalue weighted by Crippen LogP contribution is -2.39. The Morgan fingerprint density at radius 2 is 1.85 bits per heavy atom. The predicted octanol–water partition coefficient (Wildman–Crippen LogP) is 3.09. The summed E-state index contributed by atoms with van der Waals surface area (Å²) in [5.74, 6) is 0.837. The van der Waals surface area contributed by atoms with Gasteiger partial charge in [0.2, 0.25) is 0 Å². The number of hydrogen-bond acceptors (Lipinski definition) is 2. The van der Waals surface area contributed by atoms with Crippen molar-refractivity contribution in [3.8, 4) is 0 Å². The Labute approximate surface area is 177 Å². The van der Waals surface area contributed by atoms with E-state index in [1.165, 1.54) is 27.7 Å². The molecule has 0 spiro atoms. The maximum atomic E-state index is 4.47. The molecule has 0 fully saturated rings. The molecular weight excluding hydrogens is 451 g/mol. The third-order valence-corrected chi connectivity index (χ3v) is 4.91. The van der Waals surface area contributed by atoms with E-state index < -0.39 is 0 Å². The van der Waals surface area contributed by atoms with E-state index in [-0.39, 0.29) is 24.0 Å². The zero-order valence-corrected chi connectivity index (χ0v) is 18.8. The first-order valence-electron chi connectivity index (χ1n) is 9.08. The summed E-state index contributed by atoms with van der Waals surface area (Å²) in [6.45, 7) is 5.85. The molecule has 1 aromatic carbocycles. The van der Waals surface area contributed by atoms with Crippen molar-refractivity contribution < 1.29 is 0 Å². The zero-order chi connectivity index (χ0) is 18.5. The minimum Gasteiger partial charge on any atom is -0.361 e. The molecule has 7 heteroatoms.